The highest BCUT2D eigenvalue weighted by Crippen LogP contribution is 2.32. The fourth-order valence-corrected chi connectivity index (χ4v) is 3.07. The van der Waals surface area contributed by atoms with Crippen LogP contribution in [0.2, 0.25) is 0 Å². The summed E-state index contributed by atoms with van der Waals surface area (Å²) in [7, 11) is 0. The molecular weight excluding hydrogens is 274 g/mol. The van der Waals surface area contributed by atoms with E-state index in [4.69, 9.17) is 4.98 Å². The number of benzene rings is 2. The molecule has 1 nitrogen and oxygen atoms in total. The summed E-state index contributed by atoms with van der Waals surface area (Å²) in [5.74, 6) is 1.02. The number of pyridine rings is 1. The molecule has 1 heterocycles. The molecule has 0 saturated heterocycles. The Hall–Kier alpha value is -2.06. The average Bonchev–Trinajstić information content (AvgIpc) is 2.57. The first kappa shape index (κ1) is 13.9. The van der Waals surface area contributed by atoms with Gasteiger partial charge in [-0.3, -0.25) is 0 Å². The summed E-state index contributed by atoms with van der Waals surface area (Å²) in [6.07, 6.45) is 0. The van der Waals surface area contributed by atoms with Crippen molar-refractivity contribution < 1.29 is 0 Å². The van der Waals surface area contributed by atoms with Crippen LogP contribution in [0.1, 0.15) is 6.92 Å². The summed E-state index contributed by atoms with van der Waals surface area (Å²) < 4.78 is 0. The highest BCUT2D eigenvalue weighted by molar-refractivity contribution is 7.99. The zero-order valence-electron chi connectivity index (χ0n) is 12.0. The predicted octanol–water partition coefficient (Wildman–Crippen LogP) is 5.53. The second-order valence-electron chi connectivity index (χ2n) is 4.71. The van der Waals surface area contributed by atoms with Gasteiger partial charge < -0.3 is 0 Å². The van der Waals surface area contributed by atoms with Gasteiger partial charge in [0.05, 0.1) is 5.69 Å². The first-order chi connectivity index (χ1) is 10.4. The van der Waals surface area contributed by atoms with Crippen molar-refractivity contribution in [1.82, 2.24) is 4.98 Å². The molecule has 0 unspecified atom stereocenters. The van der Waals surface area contributed by atoms with E-state index >= 15 is 0 Å². The number of hydrogen-bond acceptors (Lipinski definition) is 2. The topological polar surface area (TPSA) is 12.9 Å². The van der Waals surface area contributed by atoms with E-state index in [1.54, 1.807) is 11.8 Å². The van der Waals surface area contributed by atoms with Gasteiger partial charge >= 0.3 is 0 Å². The van der Waals surface area contributed by atoms with E-state index in [2.05, 4.69) is 67.6 Å². The lowest BCUT2D eigenvalue weighted by molar-refractivity contribution is 1.14. The molecule has 0 aliphatic heterocycles. The van der Waals surface area contributed by atoms with Gasteiger partial charge in [0.2, 0.25) is 0 Å². The summed E-state index contributed by atoms with van der Waals surface area (Å²) in [5.41, 5.74) is 4.63. The minimum Gasteiger partial charge on any atom is -0.241 e. The smallest absolute Gasteiger partial charge is 0.105 e. The molecule has 0 saturated carbocycles. The molecular formula is C19H17NS. The Morgan fingerprint density at radius 2 is 1.38 bits per heavy atom. The van der Waals surface area contributed by atoms with Crippen molar-refractivity contribution in [1.29, 1.82) is 0 Å². The Bertz CT molecular complexity index is 708. The zero-order chi connectivity index (χ0) is 14.5. The van der Waals surface area contributed by atoms with Gasteiger partial charge in [-0.1, -0.05) is 67.6 Å². The van der Waals surface area contributed by atoms with Crippen molar-refractivity contribution >= 4 is 11.8 Å². The van der Waals surface area contributed by atoms with E-state index in [9.17, 15) is 0 Å². The fraction of sp³-hybridized carbons (Fsp3) is 0.105. The van der Waals surface area contributed by atoms with Gasteiger partial charge in [-0.05, 0) is 23.4 Å². The molecule has 0 spiro atoms. The van der Waals surface area contributed by atoms with Crippen LogP contribution in [-0.2, 0) is 0 Å². The zero-order valence-corrected chi connectivity index (χ0v) is 12.8. The van der Waals surface area contributed by atoms with Gasteiger partial charge in [-0.15, -0.1) is 11.8 Å². The van der Waals surface area contributed by atoms with E-state index in [0.29, 0.717) is 0 Å². The Balaban J connectivity index is 2.07. The lowest BCUT2D eigenvalue weighted by atomic mass is 10.1. The molecule has 0 N–H and O–H groups in total. The van der Waals surface area contributed by atoms with Gasteiger partial charge in [0.15, 0.2) is 0 Å². The maximum absolute atomic E-state index is 4.87. The van der Waals surface area contributed by atoms with Crippen molar-refractivity contribution in [3.63, 3.8) is 0 Å². The van der Waals surface area contributed by atoms with E-state index < -0.39 is 0 Å². The predicted molar refractivity (Wildman–Crippen MR) is 91.5 cm³/mol. The van der Waals surface area contributed by atoms with Gasteiger partial charge in [0.25, 0.3) is 0 Å². The van der Waals surface area contributed by atoms with Crippen LogP contribution in [0.5, 0.6) is 0 Å². The Labute approximate surface area is 130 Å². The Morgan fingerprint density at radius 3 is 2.00 bits per heavy atom. The lowest BCUT2D eigenvalue weighted by Gasteiger charge is -2.10. The Kier molecular flexibility index (Phi) is 4.37. The Morgan fingerprint density at radius 1 is 0.762 bits per heavy atom. The highest BCUT2D eigenvalue weighted by atomic mass is 32.2. The van der Waals surface area contributed by atoms with Crippen LogP contribution in [0.3, 0.4) is 0 Å². The third kappa shape index (κ3) is 3.17. The van der Waals surface area contributed by atoms with Gasteiger partial charge in [-0.2, -0.15) is 0 Å². The van der Waals surface area contributed by atoms with Crippen LogP contribution in [0.4, 0.5) is 0 Å². The molecule has 2 aromatic carbocycles. The quantitative estimate of drug-likeness (QED) is 0.586. The third-order valence-electron chi connectivity index (χ3n) is 3.30. The summed E-state index contributed by atoms with van der Waals surface area (Å²) in [4.78, 5) is 4.87. The molecule has 1 aromatic heterocycles. The van der Waals surface area contributed by atoms with Crippen LogP contribution in [0.25, 0.3) is 22.4 Å². The summed E-state index contributed by atoms with van der Waals surface area (Å²) in [6.45, 7) is 2.16. The van der Waals surface area contributed by atoms with Gasteiger partial charge in [0.1, 0.15) is 5.03 Å². The normalized spacial score (nSPS) is 10.5. The largest absolute Gasteiger partial charge is 0.241 e. The number of hydrogen-bond donors (Lipinski definition) is 0. The molecule has 0 aliphatic rings. The molecule has 0 amide bonds. The van der Waals surface area contributed by atoms with Gasteiger partial charge in [0, 0.05) is 11.1 Å². The molecule has 0 atom stereocenters. The molecule has 0 bridgehead atoms. The van der Waals surface area contributed by atoms with Crippen LogP contribution in [0.15, 0.2) is 77.8 Å². The minimum atomic E-state index is 1.02. The summed E-state index contributed by atoms with van der Waals surface area (Å²) >= 11 is 1.79. The van der Waals surface area contributed by atoms with Crippen LogP contribution in [0, 0.1) is 0 Å². The number of thioether (sulfide) groups is 1. The van der Waals surface area contributed by atoms with Crippen LogP contribution >= 0.6 is 11.8 Å². The lowest BCUT2D eigenvalue weighted by Crippen LogP contribution is -1.91. The first-order valence-electron chi connectivity index (χ1n) is 7.13. The summed E-state index contributed by atoms with van der Waals surface area (Å²) in [5, 5.41) is 1.10. The monoisotopic (exact) mass is 291 g/mol. The third-order valence-corrected chi connectivity index (χ3v) is 4.17. The SMILES string of the molecule is CCSc1nc(-c2ccccc2)ccc1-c1ccccc1. The van der Waals surface area contributed by atoms with E-state index in [1.165, 1.54) is 11.1 Å². The maximum Gasteiger partial charge on any atom is 0.105 e. The van der Waals surface area contributed by atoms with Crippen molar-refractivity contribution in [2.45, 2.75) is 11.9 Å². The number of aromatic nitrogens is 1. The molecule has 104 valence electrons. The van der Waals surface area contributed by atoms with Crippen LogP contribution < -0.4 is 0 Å². The molecule has 2 heteroatoms. The number of rotatable bonds is 4. The van der Waals surface area contributed by atoms with Crippen molar-refractivity contribution in [2.75, 3.05) is 5.75 Å². The number of nitrogens with zero attached hydrogens (tertiary/aromatic N) is 1. The standard InChI is InChI=1S/C19H17NS/c1-2-21-19-17(15-9-5-3-6-10-15)13-14-18(20-19)16-11-7-4-8-12-16/h3-14H,2H2,1H3. The molecule has 3 aromatic rings. The van der Waals surface area contributed by atoms with Crippen molar-refractivity contribution in [3.05, 3.63) is 72.8 Å². The summed E-state index contributed by atoms with van der Waals surface area (Å²) in [6, 6.07) is 25.1. The highest BCUT2D eigenvalue weighted by Gasteiger charge is 2.09. The van der Waals surface area contributed by atoms with Crippen molar-refractivity contribution in [2.24, 2.45) is 0 Å². The molecule has 0 radical (unpaired) electrons. The second kappa shape index (κ2) is 6.59. The minimum absolute atomic E-state index is 1.02. The van der Waals surface area contributed by atoms with E-state index in [1.807, 2.05) is 12.1 Å². The maximum atomic E-state index is 4.87. The molecule has 0 aliphatic carbocycles. The fourth-order valence-electron chi connectivity index (χ4n) is 2.29. The van der Waals surface area contributed by atoms with E-state index in [-0.39, 0.29) is 0 Å². The molecule has 0 fully saturated rings. The van der Waals surface area contributed by atoms with Gasteiger partial charge in [-0.25, -0.2) is 4.98 Å². The molecule has 3 rings (SSSR count). The average molecular weight is 291 g/mol. The van der Waals surface area contributed by atoms with E-state index in [0.717, 1.165) is 22.0 Å². The molecule has 21 heavy (non-hydrogen) atoms. The first-order valence-corrected chi connectivity index (χ1v) is 8.11. The second-order valence-corrected chi connectivity index (χ2v) is 5.97. The van der Waals surface area contributed by atoms with Crippen molar-refractivity contribution in [3.8, 4) is 22.4 Å². The van der Waals surface area contributed by atoms with Crippen LogP contribution in [-0.4, -0.2) is 10.7 Å².